The van der Waals surface area contributed by atoms with Crippen LogP contribution in [0.15, 0.2) is 10.9 Å². The maximum Gasteiger partial charge on any atom is 0.146 e. The first-order chi connectivity index (χ1) is 6.22. The summed E-state index contributed by atoms with van der Waals surface area (Å²) in [6.45, 7) is 3.17. The SMILES string of the molecule is CCC(=O)CN(C)Cc1cscn1. The quantitative estimate of drug-likeness (QED) is 0.719. The van der Waals surface area contributed by atoms with Gasteiger partial charge in [-0.3, -0.25) is 9.69 Å². The fourth-order valence-corrected chi connectivity index (χ4v) is 1.61. The highest BCUT2D eigenvalue weighted by atomic mass is 32.1. The predicted molar refractivity (Wildman–Crippen MR) is 53.7 cm³/mol. The molecule has 0 atom stereocenters. The number of hydrogen-bond donors (Lipinski definition) is 0. The molecule has 0 bridgehead atoms. The Morgan fingerprint density at radius 2 is 2.46 bits per heavy atom. The van der Waals surface area contributed by atoms with Crippen molar-refractivity contribution >= 4 is 17.1 Å². The Morgan fingerprint density at radius 3 is 3.00 bits per heavy atom. The first kappa shape index (κ1) is 10.3. The summed E-state index contributed by atoms with van der Waals surface area (Å²) in [6.07, 6.45) is 0.613. The summed E-state index contributed by atoms with van der Waals surface area (Å²) in [5, 5.41) is 2.01. The van der Waals surface area contributed by atoms with Crippen LogP contribution < -0.4 is 0 Å². The third-order valence-electron chi connectivity index (χ3n) is 1.76. The van der Waals surface area contributed by atoms with Gasteiger partial charge >= 0.3 is 0 Å². The minimum atomic E-state index is 0.276. The van der Waals surface area contributed by atoms with Crippen LogP contribution >= 0.6 is 11.3 Å². The Balaban J connectivity index is 2.33. The summed E-state index contributed by atoms with van der Waals surface area (Å²) in [6, 6.07) is 0. The van der Waals surface area contributed by atoms with E-state index in [0.717, 1.165) is 12.2 Å². The second-order valence-corrected chi connectivity index (χ2v) is 3.76. The van der Waals surface area contributed by atoms with Crippen molar-refractivity contribution in [2.24, 2.45) is 0 Å². The van der Waals surface area contributed by atoms with Crippen LogP contribution in [0.3, 0.4) is 0 Å². The topological polar surface area (TPSA) is 33.2 Å². The van der Waals surface area contributed by atoms with Gasteiger partial charge in [-0.25, -0.2) is 4.98 Å². The molecule has 0 fully saturated rings. The van der Waals surface area contributed by atoms with Crippen molar-refractivity contribution in [1.29, 1.82) is 0 Å². The highest BCUT2D eigenvalue weighted by Gasteiger charge is 2.05. The molecule has 1 aromatic rings. The lowest BCUT2D eigenvalue weighted by Crippen LogP contribution is -2.25. The summed E-state index contributed by atoms with van der Waals surface area (Å²) >= 11 is 1.58. The standard InChI is InChI=1S/C9H14N2OS/c1-3-9(12)5-11(2)4-8-6-13-7-10-8/h6-7H,3-5H2,1-2H3. The van der Waals surface area contributed by atoms with Crippen LogP contribution in [0.25, 0.3) is 0 Å². The van der Waals surface area contributed by atoms with Crippen molar-refractivity contribution in [3.05, 3.63) is 16.6 Å². The Bertz CT molecular complexity index is 259. The molecular formula is C9H14N2OS. The van der Waals surface area contributed by atoms with Crippen molar-refractivity contribution < 1.29 is 4.79 Å². The van der Waals surface area contributed by atoms with E-state index in [2.05, 4.69) is 4.98 Å². The van der Waals surface area contributed by atoms with Crippen LogP contribution in [-0.4, -0.2) is 29.3 Å². The summed E-state index contributed by atoms with van der Waals surface area (Å²) < 4.78 is 0. The minimum Gasteiger partial charge on any atom is -0.298 e. The summed E-state index contributed by atoms with van der Waals surface area (Å²) in [7, 11) is 1.94. The van der Waals surface area contributed by atoms with E-state index in [1.165, 1.54) is 0 Å². The number of carbonyl (C=O) groups is 1. The molecule has 0 saturated heterocycles. The first-order valence-corrected chi connectivity index (χ1v) is 5.24. The van der Waals surface area contributed by atoms with Crippen molar-refractivity contribution in [2.45, 2.75) is 19.9 Å². The number of Topliss-reactive ketones (excluding diaryl/α,β-unsaturated/α-hetero) is 1. The molecule has 1 rings (SSSR count). The summed E-state index contributed by atoms with van der Waals surface area (Å²) in [4.78, 5) is 17.2. The lowest BCUT2D eigenvalue weighted by atomic mass is 10.3. The van der Waals surface area contributed by atoms with Gasteiger partial charge in [-0.05, 0) is 7.05 Å². The Hall–Kier alpha value is -0.740. The number of likely N-dealkylation sites (N-methyl/N-ethyl adjacent to an activating group) is 1. The van der Waals surface area contributed by atoms with Gasteiger partial charge in [-0.15, -0.1) is 11.3 Å². The number of carbonyl (C=O) groups excluding carboxylic acids is 1. The summed E-state index contributed by atoms with van der Waals surface area (Å²) in [5.41, 5.74) is 2.85. The largest absolute Gasteiger partial charge is 0.298 e. The molecule has 0 unspecified atom stereocenters. The fourth-order valence-electron chi connectivity index (χ4n) is 1.06. The predicted octanol–water partition coefficient (Wildman–Crippen LogP) is 1.55. The van der Waals surface area contributed by atoms with Crippen LogP contribution in [0.2, 0.25) is 0 Å². The van der Waals surface area contributed by atoms with E-state index in [9.17, 15) is 4.79 Å². The lowest BCUT2D eigenvalue weighted by Gasteiger charge is -2.13. The Morgan fingerprint density at radius 1 is 1.69 bits per heavy atom. The van der Waals surface area contributed by atoms with Crippen LogP contribution in [0, 0.1) is 0 Å². The van der Waals surface area contributed by atoms with E-state index >= 15 is 0 Å². The van der Waals surface area contributed by atoms with Crippen LogP contribution in [-0.2, 0) is 11.3 Å². The van der Waals surface area contributed by atoms with E-state index in [1.807, 2.05) is 29.8 Å². The minimum absolute atomic E-state index is 0.276. The molecule has 0 aliphatic rings. The Labute approximate surface area is 82.4 Å². The maximum absolute atomic E-state index is 11.1. The number of nitrogens with zero attached hydrogens (tertiary/aromatic N) is 2. The molecule has 0 N–H and O–H groups in total. The average molecular weight is 198 g/mol. The third kappa shape index (κ3) is 3.65. The fraction of sp³-hybridized carbons (Fsp3) is 0.556. The van der Waals surface area contributed by atoms with Crippen LogP contribution in [0.1, 0.15) is 19.0 Å². The normalized spacial score (nSPS) is 10.7. The zero-order valence-corrected chi connectivity index (χ0v) is 8.80. The van der Waals surface area contributed by atoms with E-state index in [-0.39, 0.29) is 5.78 Å². The third-order valence-corrected chi connectivity index (χ3v) is 2.39. The molecule has 13 heavy (non-hydrogen) atoms. The molecule has 4 heteroatoms. The van der Waals surface area contributed by atoms with E-state index in [1.54, 1.807) is 11.3 Å². The highest BCUT2D eigenvalue weighted by molar-refractivity contribution is 7.07. The number of hydrogen-bond acceptors (Lipinski definition) is 4. The van der Waals surface area contributed by atoms with Gasteiger partial charge in [-0.1, -0.05) is 6.92 Å². The molecule has 0 spiro atoms. The molecule has 0 aliphatic carbocycles. The molecule has 0 aliphatic heterocycles. The van der Waals surface area contributed by atoms with Gasteiger partial charge in [0.05, 0.1) is 17.7 Å². The van der Waals surface area contributed by atoms with Crippen LogP contribution in [0.4, 0.5) is 0 Å². The van der Waals surface area contributed by atoms with E-state index in [0.29, 0.717) is 13.0 Å². The molecule has 1 aromatic heterocycles. The molecule has 3 nitrogen and oxygen atoms in total. The van der Waals surface area contributed by atoms with Crippen molar-refractivity contribution in [2.75, 3.05) is 13.6 Å². The first-order valence-electron chi connectivity index (χ1n) is 4.29. The zero-order valence-electron chi connectivity index (χ0n) is 7.99. The molecule has 1 heterocycles. The molecule has 0 saturated carbocycles. The van der Waals surface area contributed by atoms with Crippen molar-refractivity contribution in [3.63, 3.8) is 0 Å². The number of ketones is 1. The number of thiazole rings is 1. The lowest BCUT2D eigenvalue weighted by molar-refractivity contribution is -0.119. The van der Waals surface area contributed by atoms with E-state index < -0.39 is 0 Å². The van der Waals surface area contributed by atoms with Gasteiger partial charge in [-0.2, -0.15) is 0 Å². The average Bonchev–Trinajstić information content (AvgIpc) is 2.56. The van der Waals surface area contributed by atoms with Gasteiger partial charge in [0, 0.05) is 18.3 Å². The number of rotatable bonds is 5. The second-order valence-electron chi connectivity index (χ2n) is 3.04. The van der Waals surface area contributed by atoms with Crippen LogP contribution in [0.5, 0.6) is 0 Å². The van der Waals surface area contributed by atoms with Gasteiger partial charge in [0.1, 0.15) is 5.78 Å². The monoisotopic (exact) mass is 198 g/mol. The maximum atomic E-state index is 11.1. The zero-order chi connectivity index (χ0) is 9.68. The van der Waals surface area contributed by atoms with Gasteiger partial charge in [0.2, 0.25) is 0 Å². The van der Waals surface area contributed by atoms with Gasteiger partial charge in [0.15, 0.2) is 0 Å². The molecule has 0 amide bonds. The van der Waals surface area contributed by atoms with Gasteiger partial charge < -0.3 is 0 Å². The van der Waals surface area contributed by atoms with Crippen molar-refractivity contribution in [1.82, 2.24) is 9.88 Å². The van der Waals surface area contributed by atoms with E-state index in [4.69, 9.17) is 0 Å². The van der Waals surface area contributed by atoms with Gasteiger partial charge in [0.25, 0.3) is 0 Å². The molecule has 72 valence electrons. The highest BCUT2D eigenvalue weighted by Crippen LogP contribution is 2.03. The second kappa shape index (κ2) is 5.09. The molecule has 0 radical (unpaired) electrons. The number of aromatic nitrogens is 1. The smallest absolute Gasteiger partial charge is 0.146 e. The molecule has 0 aromatic carbocycles. The van der Waals surface area contributed by atoms with Crippen molar-refractivity contribution in [3.8, 4) is 0 Å². The molecular weight excluding hydrogens is 184 g/mol. The Kier molecular flexibility index (Phi) is 4.05. The summed E-state index contributed by atoms with van der Waals surface area (Å²) in [5.74, 6) is 0.276.